The first-order valence-electron chi connectivity index (χ1n) is 8.49. The van der Waals surface area contributed by atoms with E-state index < -0.39 is 0 Å². The SMILES string of the molecule is CN(N)/C=C(\N)CN(C)/N=C\c1c(C=O)n(C)c2nc(Cc3cc[nH]n3)sc12. The number of nitrogens with one attached hydrogen (secondary N) is 1. The molecular weight excluding hydrogens is 378 g/mol. The molecule has 0 aliphatic rings. The van der Waals surface area contributed by atoms with E-state index in [0.29, 0.717) is 24.4 Å². The lowest BCUT2D eigenvalue weighted by Crippen LogP contribution is -2.25. The van der Waals surface area contributed by atoms with Crippen LogP contribution in [-0.2, 0) is 13.5 Å². The van der Waals surface area contributed by atoms with Crippen molar-refractivity contribution >= 4 is 34.2 Å². The van der Waals surface area contributed by atoms with E-state index in [9.17, 15) is 4.79 Å². The molecule has 0 spiro atoms. The molecule has 3 heterocycles. The van der Waals surface area contributed by atoms with Gasteiger partial charge in [0, 0.05) is 51.2 Å². The maximum Gasteiger partial charge on any atom is 0.167 e. The highest BCUT2D eigenvalue weighted by atomic mass is 32.1. The van der Waals surface area contributed by atoms with Crippen molar-refractivity contribution in [3.8, 4) is 0 Å². The molecule has 0 bridgehead atoms. The van der Waals surface area contributed by atoms with Crippen molar-refractivity contribution in [1.82, 2.24) is 29.8 Å². The second kappa shape index (κ2) is 8.23. The fourth-order valence-corrected chi connectivity index (χ4v) is 3.95. The van der Waals surface area contributed by atoms with Crippen molar-refractivity contribution in [2.24, 2.45) is 23.7 Å². The first-order chi connectivity index (χ1) is 13.4. The van der Waals surface area contributed by atoms with Gasteiger partial charge in [-0.3, -0.25) is 14.9 Å². The number of nitrogens with zero attached hydrogens (tertiary/aromatic N) is 6. The van der Waals surface area contributed by atoms with Crippen LogP contribution in [0.1, 0.15) is 26.8 Å². The number of H-pyrrole nitrogens is 1. The van der Waals surface area contributed by atoms with Gasteiger partial charge in [-0.25, -0.2) is 10.8 Å². The van der Waals surface area contributed by atoms with Gasteiger partial charge in [-0.1, -0.05) is 0 Å². The van der Waals surface area contributed by atoms with E-state index in [1.54, 1.807) is 42.3 Å². The highest BCUT2D eigenvalue weighted by Gasteiger charge is 2.18. The number of thiazole rings is 1. The van der Waals surface area contributed by atoms with E-state index in [1.807, 2.05) is 13.1 Å². The third-order valence-electron chi connectivity index (χ3n) is 4.02. The highest BCUT2D eigenvalue weighted by Crippen LogP contribution is 2.30. The smallest absolute Gasteiger partial charge is 0.167 e. The molecule has 10 nitrogen and oxygen atoms in total. The summed E-state index contributed by atoms with van der Waals surface area (Å²) in [7, 11) is 5.31. The number of aryl methyl sites for hydroxylation is 1. The maximum absolute atomic E-state index is 11.6. The van der Waals surface area contributed by atoms with Crippen molar-refractivity contribution in [3.63, 3.8) is 0 Å². The lowest BCUT2D eigenvalue weighted by molar-refractivity contribution is 0.111. The quantitative estimate of drug-likeness (QED) is 0.218. The molecule has 0 fully saturated rings. The van der Waals surface area contributed by atoms with Gasteiger partial charge in [-0.15, -0.1) is 11.3 Å². The number of nitrogens with two attached hydrogens (primary N) is 2. The van der Waals surface area contributed by atoms with E-state index in [0.717, 1.165) is 32.9 Å². The second-order valence-corrected chi connectivity index (χ2v) is 7.49. The summed E-state index contributed by atoms with van der Waals surface area (Å²) in [5.74, 6) is 5.55. The normalized spacial score (nSPS) is 12.2. The Morgan fingerprint density at radius 3 is 2.89 bits per heavy atom. The molecule has 0 radical (unpaired) electrons. The Morgan fingerprint density at radius 2 is 2.25 bits per heavy atom. The predicted molar refractivity (Wildman–Crippen MR) is 110 cm³/mol. The molecule has 0 aromatic carbocycles. The minimum absolute atomic E-state index is 0.400. The molecule has 3 rings (SSSR count). The van der Waals surface area contributed by atoms with Gasteiger partial charge in [0.1, 0.15) is 5.01 Å². The summed E-state index contributed by atoms with van der Waals surface area (Å²) < 4.78 is 2.70. The number of hydrogen-bond donors (Lipinski definition) is 3. The average Bonchev–Trinajstić information content (AvgIpc) is 3.31. The molecule has 0 aliphatic heterocycles. The van der Waals surface area contributed by atoms with E-state index in [1.165, 1.54) is 16.3 Å². The number of hydrazine groups is 1. The number of carbonyl (C=O) groups excluding carboxylic acids is 1. The molecule has 5 N–H and O–H groups in total. The lowest BCUT2D eigenvalue weighted by Gasteiger charge is -2.14. The first kappa shape index (κ1) is 19.6. The van der Waals surface area contributed by atoms with Crippen LogP contribution in [0, 0.1) is 0 Å². The number of aromatic nitrogens is 4. The number of hydrogen-bond acceptors (Lipinski definition) is 9. The first-order valence-corrected chi connectivity index (χ1v) is 9.31. The van der Waals surface area contributed by atoms with E-state index in [-0.39, 0.29) is 0 Å². The van der Waals surface area contributed by atoms with Gasteiger partial charge < -0.3 is 15.3 Å². The molecule has 3 aromatic heterocycles. The summed E-state index contributed by atoms with van der Waals surface area (Å²) in [4.78, 5) is 16.3. The van der Waals surface area contributed by atoms with Gasteiger partial charge in [0.05, 0.1) is 28.8 Å². The number of hydrazone groups is 1. The predicted octanol–water partition coefficient (Wildman–Crippen LogP) is 0.633. The monoisotopic (exact) mass is 401 g/mol. The fourth-order valence-electron chi connectivity index (χ4n) is 2.82. The molecule has 11 heteroatoms. The zero-order chi connectivity index (χ0) is 20.3. The van der Waals surface area contributed by atoms with Crippen LogP contribution in [0.25, 0.3) is 10.3 Å². The van der Waals surface area contributed by atoms with Crippen molar-refractivity contribution in [3.05, 3.63) is 46.1 Å². The van der Waals surface area contributed by atoms with Gasteiger partial charge in [-0.05, 0) is 6.07 Å². The number of carbonyl (C=O) groups is 1. The standard InChI is InChI=1S/C17H23N9OS/c1-24(19)8-11(18)9-25(2)21-7-13-14(10-27)26(3)17-16(13)28-15(22-17)6-12-4-5-20-23-12/h4-5,7-8,10H,6,9,18-19H2,1-3H3,(H,20,23)/b11-8-,21-7-. The molecule has 28 heavy (non-hydrogen) atoms. The molecular formula is C17H23N9OS. The number of aldehydes is 1. The van der Waals surface area contributed by atoms with E-state index >= 15 is 0 Å². The fraction of sp³-hybridized carbons (Fsp3) is 0.294. The van der Waals surface area contributed by atoms with Crippen LogP contribution < -0.4 is 11.6 Å². The van der Waals surface area contributed by atoms with Crippen LogP contribution in [0.5, 0.6) is 0 Å². The van der Waals surface area contributed by atoms with Crippen molar-refractivity contribution in [1.29, 1.82) is 0 Å². The topological polar surface area (TPSA) is 134 Å². The molecule has 0 amide bonds. The van der Waals surface area contributed by atoms with Crippen LogP contribution in [0.2, 0.25) is 0 Å². The van der Waals surface area contributed by atoms with Gasteiger partial charge in [0.15, 0.2) is 11.9 Å². The zero-order valence-electron chi connectivity index (χ0n) is 16.0. The average molecular weight is 402 g/mol. The molecule has 0 saturated heterocycles. The maximum atomic E-state index is 11.6. The van der Waals surface area contributed by atoms with Crippen LogP contribution in [0.4, 0.5) is 0 Å². The van der Waals surface area contributed by atoms with Crippen LogP contribution >= 0.6 is 11.3 Å². The summed E-state index contributed by atoms with van der Waals surface area (Å²) >= 11 is 1.53. The third kappa shape index (κ3) is 4.21. The number of fused-ring (bicyclic) bond motifs is 1. The van der Waals surface area contributed by atoms with Gasteiger partial charge in [-0.2, -0.15) is 10.2 Å². The number of rotatable bonds is 8. The molecule has 148 valence electrons. The summed E-state index contributed by atoms with van der Waals surface area (Å²) in [5.41, 5.74) is 9.42. The summed E-state index contributed by atoms with van der Waals surface area (Å²) in [5, 5.41) is 15.4. The van der Waals surface area contributed by atoms with Gasteiger partial charge >= 0.3 is 0 Å². The van der Waals surface area contributed by atoms with E-state index in [2.05, 4.69) is 20.3 Å². The minimum Gasteiger partial charge on any atom is -0.399 e. The Labute approximate surface area is 166 Å². The molecule has 0 aliphatic carbocycles. The van der Waals surface area contributed by atoms with Crippen LogP contribution in [-0.4, -0.2) is 62.9 Å². The van der Waals surface area contributed by atoms with Crippen molar-refractivity contribution < 1.29 is 4.79 Å². The summed E-state index contributed by atoms with van der Waals surface area (Å²) in [6, 6.07) is 1.91. The Kier molecular flexibility index (Phi) is 5.76. The Morgan fingerprint density at radius 1 is 1.46 bits per heavy atom. The Balaban J connectivity index is 1.88. The number of likely N-dealkylation sites (N-methyl/N-ethyl adjacent to an activating group) is 1. The van der Waals surface area contributed by atoms with Crippen molar-refractivity contribution in [2.45, 2.75) is 6.42 Å². The Bertz CT molecular complexity index is 1010. The minimum atomic E-state index is 0.400. The van der Waals surface area contributed by atoms with Crippen LogP contribution in [0.15, 0.2) is 29.3 Å². The lowest BCUT2D eigenvalue weighted by atomic mass is 10.3. The van der Waals surface area contributed by atoms with Crippen molar-refractivity contribution in [2.75, 3.05) is 20.6 Å². The molecule has 0 saturated carbocycles. The largest absolute Gasteiger partial charge is 0.399 e. The van der Waals surface area contributed by atoms with E-state index in [4.69, 9.17) is 11.6 Å². The highest BCUT2D eigenvalue weighted by molar-refractivity contribution is 7.19. The van der Waals surface area contributed by atoms with Gasteiger partial charge in [0.25, 0.3) is 0 Å². The Hall–Kier alpha value is -3.18. The molecule has 3 aromatic rings. The van der Waals surface area contributed by atoms with Gasteiger partial charge in [0.2, 0.25) is 0 Å². The summed E-state index contributed by atoms with van der Waals surface area (Å²) in [6.45, 7) is 0.400. The second-order valence-electron chi connectivity index (χ2n) is 6.41. The molecule has 0 unspecified atom stereocenters. The third-order valence-corrected chi connectivity index (χ3v) is 5.10. The summed E-state index contributed by atoms with van der Waals surface area (Å²) in [6.07, 6.45) is 6.52. The number of aromatic amines is 1. The molecule has 0 atom stereocenters. The zero-order valence-corrected chi connectivity index (χ0v) is 16.8. The van der Waals surface area contributed by atoms with Crippen LogP contribution in [0.3, 0.4) is 0 Å².